The van der Waals surface area contributed by atoms with Crippen molar-refractivity contribution in [3.8, 4) is 0 Å². The smallest absolute Gasteiger partial charge is 0.0223 e. The summed E-state index contributed by atoms with van der Waals surface area (Å²) in [4.78, 5) is 0. The number of unbranched alkanes of at least 4 members (excludes halogenated alkanes) is 2. The van der Waals surface area contributed by atoms with Crippen molar-refractivity contribution in [1.82, 2.24) is 0 Å². The van der Waals surface area contributed by atoms with Gasteiger partial charge in [0.2, 0.25) is 0 Å². The number of hydrogen-bond acceptors (Lipinski definition) is 0. The molecule has 0 unspecified atom stereocenters. The Morgan fingerprint density at radius 3 is 2.00 bits per heavy atom. The SMILES string of the molecule is CCCCCCl.F. The van der Waals surface area contributed by atoms with Crippen LogP contribution < -0.4 is 0 Å². The van der Waals surface area contributed by atoms with Crippen molar-refractivity contribution >= 4 is 11.6 Å². The van der Waals surface area contributed by atoms with E-state index in [4.69, 9.17) is 11.6 Å². The lowest BCUT2D eigenvalue weighted by Crippen LogP contribution is -1.70. The molecule has 0 saturated carbocycles. The van der Waals surface area contributed by atoms with Gasteiger partial charge in [0.15, 0.2) is 0 Å². The highest BCUT2D eigenvalue weighted by Gasteiger charge is 1.76. The summed E-state index contributed by atoms with van der Waals surface area (Å²) >= 11 is 5.38. The van der Waals surface area contributed by atoms with Crippen molar-refractivity contribution in [3.05, 3.63) is 0 Å². The molecule has 46 valence electrons. The first-order valence-corrected chi connectivity index (χ1v) is 3.01. The van der Waals surface area contributed by atoms with Gasteiger partial charge < -0.3 is 0 Å². The Balaban J connectivity index is 0. The molecule has 0 nitrogen and oxygen atoms in total. The van der Waals surface area contributed by atoms with Gasteiger partial charge in [-0.15, -0.1) is 11.6 Å². The molecule has 0 aliphatic carbocycles. The zero-order chi connectivity index (χ0) is 4.83. The van der Waals surface area contributed by atoms with Crippen molar-refractivity contribution in [2.75, 3.05) is 5.88 Å². The van der Waals surface area contributed by atoms with Crippen LogP contribution in [0.25, 0.3) is 0 Å². The molecule has 2 heteroatoms. The molecule has 0 bridgehead atoms. The van der Waals surface area contributed by atoms with Crippen LogP contribution in [-0.4, -0.2) is 5.88 Å². The van der Waals surface area contributed by atoms with Crippen LogP contribution in [0.15, 0.2) is 0 Å². The van der Waals surface area contributed by atoms with Gasteiger partial charge in [-0.05, 0) is 6.42 Å². The Kier molecular flexibility index (Phi) is 13.9. The molecule has 0 amide bonds. The molecule has 0 saturated heterocycles. The Hall–Kier alpha value is 0.220. The molecule has 0 rings (SSSR count). The first kappa shape index (κ1) is 10.3. The number of alkyl halides is 1. The normalized spacial score (nSPS) is 7.71. The van der Waals surface area contributed by atoms with Gasteiger partial charge in [-0.3, -0.25) is 4.70 Å². The minimum Gasteiger partial charge on any atom is -0.269 e. The molecule has 7 heavy (non-hydrogen) atoms. The maximum absolute atomic E-state index is 5.38. The molecular formula is C5H12ClF. The lowest BCUT2D eigenvalue weighted by Gasteiger charge is -1.84. The molecule has 0 fully saturated rings. The summed E-state index contributed by atoms with van der Waals surface area (Å²) in [7, 11) is 0. The highest BCUT2D eigenvalue weighted by molar-refractivity contribution is 6.17. The predicted octanol–water partition coefficient (Wildman–Crippen LogP) is 2.57. The van der Waals surface area contributed by atoms with E-state index in [1.165, 1.54) is 19.3 Å². The second kappa shape index (κ2) is 9.52. The Bertz CT molecular complexity index is 20.0. The van der Waals surface area contributed by atoms with Crippen LogP contribution in [0.5, 0.6) is 0 Å². The van der Waals surface area contributed by atoms with E-state index < -0.39 is 0 Å². The minimum absolute atomic E-state index is 0. The summed E-state index contributed by atoms with van der Waals surface area (Å²) in [6.45, 7) is 2.17. The van der Waals surface area contributed by atoms with E-state index in [0.717, 1.165) is 5.88 Å². The molecule has 0 aliphatic heterocycles. The van der Waals surface area contributed by atoms with E-state index in [2.05, 4.69) is 6.92 Å². The molecule has 0 heterocycles. The monoisotopic (exact) mass is 126 g/mol. The van der Waals surface area contributed by atoms with E-state index in [0.29, 0.717) is 0 Å². The van der Waals surface area contributed by atoms with Gasteiger partial charge in [0.05, 0.1) is 0 Å². The molecule has 0 aromatic carbocycles. The quantitative estimate of drug-likeness (QED) is 0.403. The average Bonchev–Trinajstić information content (AvgIpc) is 1.61. The molecule has 0 N–H and O–H groups in total. The fourth-order valence-corrected chi connectivity index (χ4v) is 0.533. The summed E-state index contributed by atoms with van der Waals surface area (Å²) in [5.41, 5.74) is 0. The lowest BCUT2D eigenvalue weighted by atomic mass is 10.3. The zero-order valence-corrected chi connectivity index (χ0v) is 5.37. The van der Waals surface area contributed by atoms with Crippen molar-refractivity contribution in [1.29, 1.82) is 0 Å². The van der Waals surface area contributed by atoms with Gasteiger partial charge in [0.1, 0.15) is 0 Å². The van der Waals surface area contributed by atoms with Gasteiger partial charge in [-0.1, -0.05) is 19.8 Å². The third-order valence-electron chi connectivity index (χ3n) is 0.737. The maximum atomic E-state index is 5.38. The van der Waals surface area contributed by atoms with Gasteiger partial charge in [-0.25, -0.2) is 0 Å². The van der Waals surface area contributed by atoms with E-state index in [1.54, 1.807) is 0 Å². The molecule has 0 aliphatic rings. The van der Waals surface area contributed by atoms with Crippen molar-refractivity contribution in [2.24, 2.45) is 0 Å². The zero-order valence-electron chi connectivity index (χ0n) is 4.61. The molecule has 0 spiro atoms. The Morgan fingerprint density at radius 1 is 1.29 bits per heavy atom. The van der Waals surface area contributed by atoms with Crippen LogP contribution in [0.4, 0.5) is 4.70 Å². The molecule has 0 aromatic rings. The standard InChI is InChI=1S/C5H11Cl.FH/c1-2-3-4-5-6;/h2-5H2,1H3;1H. The van der Waals surface area contributed by atoms with Crippen LogP contribution in [-0.2, 0) is 0 Å². The van der Waals surface area contributed by atoms with Crippen LogP contribution in [0.1, 0.15) is 26.2 Å². The molecule has 0 aromatic heterocycles. The van der Waals surface area contributed by atoms with E-state index in [-0.39, 0.29) is 4.70 Å². The van der Waals surface area contributed by atoms with E-state index in [9.17, 15) is 0 Å². The predicted molar refractivity (Wildman–Crippen MR) is 32.7 cm³/mol. The largest absolute Gasteiger partial charge is 0.269 e. The fraction of sp³-hybridized carbons (Fsp3) is 1.00. The minimum atomic E-state index is 0. The number of hydrogen-bond donors (Lipinski definition) is 0. The molecular weight excluding hydrogens is 115 g/mol. The lowest BCUT2D eigenvalue weighted by molar-refractivity contribution is 0.776. The number of halogens is 2. The van der Waals surface area contributed by atoms with E-state index in [1.807, 2.05) is 0 Å². The van der Waals surface area contributed by atoms with Crippen LogP contribution in [0.2, 0.25) is 0 Å². The van der Waals surface area contributed by atoms with E-state index >= 15 is 0 Å². The van der Waals surface area contributed by atoms with Crippen LogP contribution in [0.3, 0.4) is 0 Å². The van der Waals surface area contributed by atoms with Gasteiger partial charge in [-0.2, -0.15) is 0 Å². The topological polar surface area (TPSA) is 0 Å². The van der Waals surface area contributed by atoms with Gasteiger partial charge in [0.25, 0.3) is 0 Å². The summed E-state index contributed by atoms with van der Waals surface area (Å²) in [6.07, 6.45) is 3.73. The number of rotatable bonds is 3. The Labute approximate surface area is 49.2 Å². The second-order valence-corrected chi connectivity index (χ2v) is 1.77. The third-order valence-corrected chi connectivity index (χ3v) is 1.00. The highest BCUT2D eigenvalue weighted by Crippen LogP contribution is 1.93. The van der Waals surface area contributed by atoms with Crippen molar-refractivity contribution < 1.29 is 4.70 Å². The average molecular weight is 127 g/mol. The summed E-state index contributed by atoms with van der Waals surface area (Å²) < 4.78 is 0. The first-order chi connectivity index (χ1) is 2.91. The highest BCUT2D eigenvalue weighted by atomic mass is 35.5. The second-order valence-electron chi connectivity index (χ2n) is 1.40. The van der Waals surface area contributed by atoms with Gasteiger partial charge in [0, 0.05) is 5.88 Å². The summed E-state index contributed by atoms with van der Waals surface area (Å²) in [5, 5.41) is 0. The van der Waals surface area contributed by atoms with Crippen molar-refractivity contribution in [3.63, 3.8) is 0 Å². The molecule has 0 atom stereocenters. The van der Waals surface area contributed by atoms with Crippen LogP contribution in [0, 0.1) is 0 Å². The van der Waals surface area contributed by atoms with Gasteiger partial charge >= 0.3 is 0 Å². The summed E-state index contributed by atoms with van der Waals surface area (Å²) in [6, 6.07) is 0. The third kappa shape index (κ3) is 10.7. The van der Waals surface area contributed by atoms with Crippen LogP contribution >= 0.6 is 11.6 Å². The fourth-order valence-electron chi connectivity index (χ4n) is 0.344. The first-order valence-electron chi connectivity index (χ1n) is 2.47. The Morgan fingerprint density at radius 2 is 1.86 bits per heavy atom. The summed E-state index contributed by atoms with van der Waals surface area (Å²) in [5.74, 6) is 0.827. The maximum Gasteiger partial charge on any atom is 0.0223 e. The van der Waals surface area contributed by atoms with Crippen molar-refractivity contribution in [2.45, 2.75) is 26.2 Å². The molecule has 0 radical (unpaired) electrons.